The van der Waals surface area contributed by atoms with E-state index in [1.54, 1.807) is 19.4 Å². The molecule has 0 atom stereocenters. The number of anilines is 1. The third-order valence-corrected chi connectivity index (χ3v) is 5.97. The van der Waals surface area contributed by atoms with Gasteiger partial charge in [0.15, 0.2) is 0 Å². The summed E-state index contributed by atoms with van der Waals surface area (Å²) in [5.41, 5.74) is 8.29. The number of benzene rings is 1. The summed E-state index contributed by atoms with van der Waals surface area (Å²) in [6.07, 6.45) is 7.62. The average Bonchev–Trinajstić information content (AvgIpc) is 2.75. The molecule has 0 radical (unpaired) electrons. The van der Waals surface area contributed by atoms with E-state index in [4.69, 9.17) is 10.5 Å². The molecule has 0 saturated heterocycles. The summed E-state index contributed by atoms with van der Waals surface area (Å²) in [5.74, 6) is 1.16. The predicted molar refractivity (Wildman–Crippen MR) is 129 cm³/mol. The summed E-state index contributed by atoms with van der Waals surface area (Å²) < 4.78 is 5.87. The monoisotopic (exact) mass is 469 g/mol. The van der Waals surface area contributed by atoms with Gasteiger partial charge >= 0.3 is 0 Å². The van der Waals surface area contributed by atoms with Crippen LogP contribution in [0.1, 0.15) is 38.2 Å². The number of primary amides is 1. The molecule has 1 fully saturated rings. The highest BCUT2D eigenvalue weighted by atomic mass is 35.5. The van der Waals surface area contributed by atoms with Gasteiger partial charge in [-0.2, -0.15) is 0 Å². The third kappa shape index (κ3) is 6.21. The Morgan fingerprint density at radius 2 is 1.81 bits per heavy atom. The molecule has 1 aromatic heterocycles. The van der Waals surface area contributed by atoms with E-state index in [0.29, 0.717) is 25.0 Å². The number of nitrogens with one attached hydrogen (secondary N) is 2. The zero-order valence-electron chi connectivity index (χ0n) is 18.3. The second-order valence-corrected chi connectivity index (χ2v) is 7.69. The van der Waals surface area contributed by atoms with Crippen LogP contribution in [-0.4, -0.2) is 42.6 Å². The van der Waals surface area contributed by atoms with E-state index in [-0.39, 0.29) is 30.7 Å². The van der Waals surface area contributed by atoms with E-state index in [1.165, 1.54) is 0 Å². The van der Waals surface area contributed by atoms with Crippen molar-refractivity contribution in [3.8, 4) is 16.9 Å². The highest BCUT2D eigenvalue weighted by Crippen LogP contribution is 2.41. The molecule has 31 heavy (non-hydrogen) atoms. The van der Waals surface area contributed by atoms with Crippen molar-refractivity contribution in [1.29, 1.82) is 0 Å². The maximum atomic E-state index is 12.5. The second kappa shape index (κ2) is 12.1. The summed E-state index contributed by atoms with van der Waals surface area (Å²) in [4.78, 5) is 21.1. The first kappa shape index (κ1) is 26.9. The van der Waals surface area contributed by atoms with Gasteiger partial charge in [0.2, 0.25) is 11.9 Å². The number of carbonyl (C=O) groups excluding carboxylic acids is 1. The number of amides is 1. The first-order chi connectivity index (χ1) is 14.0. The molecule has 172 valence electrons. The molecule has 1 aliphatic carbocycles. The number of rotatable bonds is 8. The van der Waals surface area contributed by atoms with Crippen molar-refractivity contribution in [3.05, 3.63) is 36.2 Å². The average molecular weight is 470 g/mol. The standard InChI is InChI=1S/C22H31N5O2.2ClH/c1-4-29-19-6-5-15(17-13-26-21(25-3)27-14-17)11-16(19)12-22(20(23)28)9-7-18(24-2)8-10-22;;/h5-6,11,13-14,18,24H,4,7-10,12H2,1-3H3,(H2,23,28)(H,25,26,27);2*1H. The summed E-state index contributed by atoms with van der Waals surface area (Å²) in [5, 5.41) is 6.24. The third-order valence-electron chi connectivity index (χ3n) is 5.97. The molecule has 1 aromatic carbocycles. The minimum atomic E-state index is -0.537. The fourth-order valence-electron chi connectivity index (χ4n) is 4.13. The van der Waals surface area contributed by atoms with Gasteiger partial charge in [-0.05, 0) is 69.3 Å². The lowest BCUT2D eigenvalue weighted by Gasteiger charge is -2.38. The van der Waals surface area contributed by atoms with Gasteiger partial charge in [0.25, 0.3) is 0 Å². The normalized spacial score (nSPS) is 20.2. The van der Waals surface area contributed by atoms with Crippen molar-refractivity contribution in [2.45, 2.75) is 45.1 Å². The van der Waals surface area contributed by atoms with Crippen LogP contribution in [0.2, 0.25) is 0 Å². The van der Waals surface area contributed by atoms with Gasteiger partial charge in [-0.15, -0.1) is 24.8 Å². The van der Waals surface area contributed by atoms with Gasteiger partial charge in [0.05, 0.1) is 12.0 Å². The summed E-state index contributed by atoms with van der Waals surface area (Å²) >= 11 is 0. The maximum Gasteiger partial charge on any atom is 0.223 e. The van der Waals surface area contributed by atoms with Crippen molar-refractivity contribution in [1.82, 2.24) is 15.3 Å². The van der Waals surface area contributed by atoms with Crippen LogP contribution in [0.4, 0.5) is 5.95 Å². The Morgan fingerprint density at radius 3 is 2.32 bits per heavy atom. The molecule has 9 heteroatoms. The molecule has 0 aliphatic heterocycles. The Kier molecular flexibility index (Phi) is 10.5. The van der Waals surface area contributed by atoms with Crippen LogP contribution < -0.4 is 21.1 Å². The highest BCUT2D eigenvalue weighted by molar-refractivity contribution is 5.85. The van der Waals surface area contributed by atoms with Crippen molar-refractivity contribution >= 4 is 36.7 Å². The molecule has 1 amide bonds. The molecule has 0 bridgehead atoms. The molecule has 0 spiro atoms. The summed E-state index contributed by atoms with van der Waals surface area (Å²) in [6, 6.07) is 6.50. The molecule has 1 aliphatic rings. The Balaban J connectivity index is 0.00000240. The number of ether oxygens (including phenoxy) is 1. The van der Waals surface area contributed by atoms with Gasteiger partial charge in [-0.25, -0.2) is 9.97 Å². The van der Waals surface area contributed by atoms with Crippen molar-refractivity contribution in [2.24, 2.45) is 11.1 Å². The number of aromatic nitrogens is 2. The second-order valence-electron chi connectivity index (χ2n) is 7.69. The van der Waals surface area contributed by atoms with Gasteiger partial charge < -0.3 is 21.1 Å². The number of nitrogens with zero attached hydrogens (tertiary/aromatic N) is 2. The Hall–Kier alpha value is -2.09. The Labute approximate surface area is 196 Å². The minimum Gasteiger partial charge on any atom is -0.494 e. The smallest absolute Gasteiger partial charge is 0.223 e. The number of nitrogens with two attached hydrogens (primary N) is 1. The summed E-state index contributed by atoms with van der Waals surface area (Å²) in [6.45, 7) is 2.53. The first-order valence-corrected chi connectivity index (χ1v) is 10.2. The first-order valence-electron chi connectivity index (χ1n) is 10.2. The molecule has 0 unspecified atom stereocenters. The van der Waals surface area contributed by atoms with E-state index in [2.05, 4.69) is 26.7 Å². The van der Waals surface area contributed by atoms with Gasteiger partial charge in [0.1, 0.15) is 5.75 Å². The van der Waals surface area contributed by atoms with Crippen LogP contribution in [0.15, 0.2) is 30.6 Å². The molecule has 7 nitrogen and oxygen atoms in total. The predicted octanol–water partition coefficient (Wildman–Crippen LogP) is 3.60. The molecular weight excluding hydrogens is 437 g/mol. The quantitative estimate of drug-likeness (QED) is 0.545. The molecule has 3 rings (SSSR count). The number of hydrogen-bond acceptors (Lipinski definition) is 6. The largest absolute Gasteiger partial charge is 0.494 e. The SMILES string of the molecule is CCOc1ccc(-c2cnc(NC)nc2)cc1CC1(C(N)=O)CCC(NC)CC1.Cl.Cl. The van der Waals surface area contributed by atoms with Crippen LogP contribution in [0.3, 0.4) is 0 Å². The van der Waals surface area contributed by atoms with Crippen LogP contribution in [0.25, 0.3) is 11.1 Å². The lowest BCUT2D eigenvalue weighted by molar-refractivity contribution is -0.129. The van der Waals surface area contributed by atoms with Crippen molar-refractivity contribution < 1.29 is 9.53 Å². The highest BCUT2D eigenvalue weighted by Gasteiger charge is 2.40. The fraction of sp³-hybridized carbons (Fsp3) is 0.500. The Morgan fingerprint density at radius 1 is 1.16 bits per heavy atom. The maximum absolute atomic E-state index is 12.5. The van der Waals surface area contributed by atoms with Crippen molar-refractivity contribution in [3.63, 3.8) is 0 Å². The van der Waals surface area contributed by atoms with E-state index in [0.717, 1.165) is 48.1 Å². The minimum absolute atomic E-state index is 0. The number of hydrogen-bond donors (Lipinski definition) is 3. The van der Waals surface area contributed by atoms with Crippen molar-refractivity contribution in [2.75, 3.05) is 26.0 Å². The molecule has 2 aromatic rings. The van der Waals surface area contributed by atoms with Crippen LogP contribution in [0, 0.1) is 5.41 Å². The molecule has 1 heterocycles. The van der Waals surface area contributed by atoms with Gasteiger partial charge in [-0.3, -0.25) is 4.79 Å². The van der Waals surface area contributed by atoms with Gasteiger partial charge in [-0.1, -0.05) is 6.07 Å². The molecule has 4 N–H and O–H groups in total. The van der Waals surface area contributed by atoms with Gasteiger partial charge in [0, 0.05) is 31.0 Å². The van der Waals surface area contributed by atoms with E-state index in [9.17, 15) is 4.79 Å². The van der Waals surface area contributed by atoms with E-state index in [1.807, 2.05) is 26.1 Å². The van der Waals surface area contributed by atoms with Crippen LogP contribution in [0.5, 0.6) is 5.75 Å². The van der Waals surface area contributed by atoms with E-state index < -0.39 is 5.41 Å². The zero-order chi connectivity index (χ0) is 20.9. The number of halogens is 2. The molecule has 1 saturated carbocycles. The van der Waals surface area contributed by atoms with Crippen LogP contribution in [-0.2, 0) is 11.2 Å². The lowest BCUT2D eigenvalue weighted by atomic mass is 9.68. The topological polar surface area (TPSA) is 102 Å². The Bertz CT molecular complexity index is 840. The van der Waals surface area contributed by atoms with Crippen LogP contribution >= 0.6 is 24.8 Å². The molecular formula is C22H33Cl2N5O2. The lowest BCUT2D eigenvalue weighted by Crippen LogP contribution is -2.45. The number of carbonyl (C=O) groups is 1. The van der Waals surface area contributed by atoms with E-state index >= 15 is 0 Å². The summed E-state index contributed by atoms with van der Waals surface area (Å²) in [7, 11) is 3.76. The fourth-order valence-corrected chi connectivity index (χ4v) is 4.13. The zero-order valence-corrected chi connectivity index (χ0v) is 19.9.